The summed E-state index contributed by atoms with van der Waals surface area (Å²) in [5, 5.41) is 0.976. The van der Waals surface area contributed by atoms with Gasteiger partial charge in [0, 0.05) is 12.1 Å². The largest absolute Gasteiger partial charge is 0.494 e. The summed E-state index contributed by atoms with van der Waals surface area (Å²) in [5.74, 6) is 1.36. The maximum absolute atomic E-state index is 12.2. The van der Waals surface area contributed by atoms with Crippen LogP contribution in [0.1, 0.15) is 30.6 Å². The van der Waals surface area contributed by atoms with E-state index < -0.39 is 0 Å². The monoisotopic (exact) mass is 462 g/mol. The average molecular weight is 463 g/mol. The van der Waals surface area contributed by atoms with Gasteiger partial charge < -0.3 is 18.6 Å². The van der Waals surface area contributed by atoms with Gasteiger partial charge in [0.2, 0.25) is 11.2 Å². The molecule has 0 saturated heterocycles. The summed E-state index contributed by atoms with van der Waals surface area (Å²) < 4.78 is 22.2. The fraction of sp³-hybridized carbons (Fsp3) is 0.292. The summed E-state index contributed by atoms with van der Waals surface area (Å²) in [6.45, 7) is 1.68. The SMILES string of the molecule is O=c1cc(COCc2ccccc2)occ1OCCCCCOc1ccc(Cl)c(Cl)c1. The van der Waals surface area contributed by atoms with Gasteiger partial charge in [-0.25, -0.2) is 0 Å². The van der Waals surface area contributed by atoms with Crippen LogP contribution in [-0.2, 0) is 18.0 Å². The summed E-state index contributed by atoms with van der Waals surface area (Å²) in [6.07, 6.45) is 3.90. The number of hydrogen-bond donors (Lipinski definition) is 0. The van der Waals surface area contributed by atoms with Crippen molar-refractivity contribution in [3.8, 4) is 11.5 Å². The van der Waals surface area contributed by atoms with Crippen LogP contribution in [0.2, 0.25) is 10.0 Å². The summed E-state index contributed by atoms with van der Waals surface area (Å²) in [7, 11) is 0. The van der Waals surface area contributed by atoms with Gasteiger partial charge in [0.05, 0.1) is 29.9 Å². The zero-order valence-corrected chi connectivity index (χ0v) is 18.5. The Hall–Kier alpha value is -2.47. The average Bonchev–Trinajstić information content (AvgIpc) is 2.77. The quantitative estimate of drug-likeness (QED) is 0.296. The molecule has 0 N–H and O–H groups in total. The molecule has 0 atom stereocenters. The highest BCUT2D eigenvalue weighted by Crippen LogP contribution is 2.26. The van der Waals surface area contributed by atoms with Gasteiger partial charge in [-0.15, -0.1) is 0 Å². The number of rotatable bonds is 12. The van der Waals surface area contributed by atoms with E-state index in [0.717, 1.165) is 24.8 Å². The Morgan fingerprint density at radius 3 is 2.32 bits per heavy atom. The second-order valence-electron chi connectivity index (χ2n) is 6.89. The molecule has 0 saturated carbocycles. The third-order valence-corrected chi connectivity index (χ3v) is 5.15. The molecule has 7 heteroatoms. The molecule has 5 nitrogen and oxygen atoms in total. The van der Waals surface area contributed by atoms with Crippen LogP contribution in [0.25, 0.3) is 0 Å². The van der Waals surface area contributed by atoms with E-state index in [1.165, 1.54) is 12.3 Å². The highest BCUT2D eigenvalue weighted by Gasteiger charge is 2.06. The Morgan fingerprint density at radius 2 is 1.58 bits per heavy atom. The van der Waals surface area contributed by atoms with E-state index in [2.05, 4.69) is 0 Å². The topological polar surface area (TPSA) is 57.9 Å². The van der Waals surface area contributed by atoms with Gasteiger partial charge in [0.15, 0.2) is 0 Å². The molecule has 0 aliphatic heterocycles. The van der Waals surface area contributed by atoms with Crippen LogP contribution in [0.5, 0.6) is 11.5 Å². The second kappa shape index (κ2) is 12.4. The predicted molar refractivity (Wildman–Crippen MR) is 121 cm³/mol. The summed E-state index contributed by atoms with van der Waals surface area (Å²) in [6, 6.07) is 16.4. The van der Waals surface area contributed by atoms with Crippen molar-refractivity contribution in [2.75, 3.05) is 13.2 Å². The van der Waals surface area contributed by atoms with Gasteiger partial charge in [0.25, 0.3) is 0 Å². The van der Waals surface area contributed by atoms with Crippen LogP contribution < -0.4 is 14.9 Å². The predicted octanol–water partition coefficient (Wildman–Crippen LogP) is 6.29. The van der Waals surface area contributed by atoms with Gasteiger partial charge in [-0.2, -0.15) is 0 Å². The first-order valence-electron chi connectivity index (χ1n) is 10.1. The van der Waals surface area contributed by atoms with Gasteiger partial charge in [0.1, 0.15) is 24.4 Å². The van der Waals surface area contributed by atoms with Crippen LogP contribution in [0, 0.1) is 0 Å². The molecule has 0 bridgehead atoms. The van der Waals surface area contributed by atoms with Crippen LogP contribution in [0.15, 0.2) is 70.1 Å². The first-order valence-corrected chi connectivity index (χ1v) is 10.8. The second-order valence-corrected chi connectivity index (χ2v) is 7.70. The van der Waals surface area contributed by atoms with Crippen molar-refractivity contribution in [3.05, 3.63) is 92.5 Å². The Labute approximate surface area is 191 Å². The first kappa shape index (κ1) is 23.2. The standard InChI is InChI=1S/C24H24Cl2O5/c25-21-10-9-19(13-22(21)26)29-11-5-2-6-12-30-24-17-31-20(14-23(24)27)16-28-15-18-7-3-1-4-8-18/h1,3-4,7-10,13-14,17H,2,5-6,11-12,15-16H2. The Bertz CT molecular complexity index is 1000. The van der Waals surface area contributed by atoms with Crippen LogP contribution in [0.4, 0.5) is 0 Å². The third-order valence-electron chi connectivity index (χ3n) is 4.41. The molecule has 31 heavy (non-hydrogen) atoms. The minimum Gasteiger partial charge on any atom is -0.494 e. The van der Waals surface area contributed by atoms with Crippen LogP contribution in [0.3, 0.4) is 0 Å². The van der Waals surface area contributed by atoms with Crippen molar-refractivity contribution in [2.45, 2.75) is 32.5 Å². The first-order chi connectivity index (χ1) is 15.1. The highest BCUT2D eigenvalue weighted by atomic mass is 35.5. The lowest BCUT2D eigenvalue weighted by Gasteiger charge is -2.08. The van der Waals surface area contributed by atoms with E-state index in [9.17, 15) is 4.79 Å². The van der Waals surface area contributed by atoms with E-state index in [-0.39, 0.29) is 17.8 Å². The molecule has 1 heterocycles. The zero-order valence-electron chi connectivity index (χ0n) is 17.0. The van der Waals surface area contributed by atoms with Gasteiger partial charge in [-0.3, -0.25) is 4.79 Å². The third kappa shape index (κ3) is 7.94. The summed E-state index contributed by atoms with van der Waals surface area (Å²) >= 11 is 11.8. The molecular weight excluding hydrogens is 439 g/mol. The van der Waals surface area contributed by atoms with Crippen molar-refractivity contribution in [2.24, 2.45) is 0 Å². The van der Waals surface area contributed by atoms with E-state index in [1.807, 2.05) is 30.3 Å². The van der Waals surface area contributed by atoms with Crippen molar-refractivity contribution >= 4 is 23.2 Å². The molecule has 0 amide bonds. The molecule has 2 aromatic carbocycles. The van der Waals surface area contributed by atoms with Crippen molar-refractivity contribution < 1.29 is 18.6 Å². The Morgan fingerprint density at radius 1 is 0.806 bits per heavy atom. The van der Waals surface area contributed by atoms with E-state index in [1.54, 1.807) is 18.2 Å². The minimum absolute atomic E-state index is 0.207. The molecule has 3 aromatic rings. The van der Waals surface area contributed by atoms with E-state index in [4.69, 9.17) is 41.8 Å². The molecule has 0 unspecified atom stereocenters. The summed E-state index contributed by atoms with van der Waals surface area (Å²) in [5.41, 5.74) is 0.847. The van der Waals surface area contributed by atoms with Gasteiger partial charge >= 0.3 is 0 Å². The van der Waals surface area contributed by atoms with Gasteiger partial charge in [-0.05, 0) is 37.0 Å². The maximum Gasteiger partial charge on any atom is 0.227 e. The van der Waals surface area contributed by atoms with Crippen molar-refractivity contribution in [1.82, 2.24) is 0 Å². The van der Waals surface area contributed by atoms with E-state index >= 15 is 0 Å². The molecule has 0 aliphatic rings. The van der Waals surface area contributed by atoms with E-state index in [0.29, 0.717) is 41.4 Å². The molecule has 0 aliphatic carbocycles. The lowest BCUT2D eigenvalue weighted by Crippen LogP contribution is -2.09. The van der Waals surface area contributed by atoms with Crippen LogP contribution in [-0.4, -0.2) is 13.2 Å². The molecule has 0 fully saturated rings. The number of hydrogen-bond acceptors (Lipinski definition) is 5. The Balaban J connectivity index is 1.30. The lowest BCUT2D eigenvalue weighted by atomic mass is 10.2. The number of benzene rings is 2. The smallest absolute Gasteiger partial charge is 0.227 e. The fourth-order valence-electron chi connectivity index (χ4n) is 2.78. The molecule has 0 radical (unpaired) electrons. The normalized spacial score (nSPS) is 10.8. The minimum atomic E-state index is -0.215. The molecule has 1 aromatic heterocycles. The maximum atomic E-state index is 12.2. The fourth-order valence-corrected chi connectivity index (χ4v) is 3.07. The van der Waals surface area contributed by atoms with Crippen LogP contribution >= 0.6 is 23.2 Å². The Kier molecular flexibility index (Phi) is 9.28. The number of unbranched alkanes of at least 4 members (excludes halogenated alkanes) is 2. The molecule has 0 spiro atoms. The number of ether oxygens (including phenoxy) is 3. The highest BCUT2D eigenvalue weighted by molar-refractivity contribution is 6.42. The molecule has 164 valence electrons. The van der Waals surface area contributed by atoms with Crippen molar-refractivity contribution in [3.63, 3.8) is 0 Å². The number of halogens is 2. The molecule has 3 rings (SSSR count). The van der Waals surface area contributed by atoms with Gasteiger partial charge in [-0.1, -0.05) is 53.5 Å². The lowest BCUT2D eigenvalue weighted by molar-refractivity contribution is 0.0911. The summed E-state index contributed by atoms with van der Waals surface area (Å²) in [4.78, 5) is 12.2. The van der Waals surface area contributed by atoms with Crippen molar-refractivity contribution in [1.29, 1.82) is 0 Å². The molecular formula is C24H24Cl2O5. The zero-order chi connectivity index (χ0) is 21.9.